The van der Waals surface area contributed by atoms with Crippen molar-refractivity contribution >= 4 is 28.4 Å². The minimum Gasteiger partial charge on any atom is -0.395 e. The van der Waals surface area contributed by atoms with Gasteiger partial charge in [-0.1, -0.05) is 29.8 Å². The molecule has 7 heteroatoms. The van der Waals surface area contributed by atoms with Crippen molar-refractivity contribution in [2.75, 3.05) is 19.7 Å². The van der Waals surface area contributed by atoms with Gasteiger partial charge in [-0.05, 0) is 12.1 Å². The minimum atomic E-state index is -2.68. The van der Waals surface area contributed by atoms with E-state index in [0.717, 1.165) is 4.90 Å². The van der Waals surface area contributed by atoms with Gasteiger partial charge >= 0.3 is 0 Å². The van der Waals surface area contributed by atoms with Crippen molar-refractivity contribution in [3.05, 3.63) is 41.0 Å². The van der Waals surface area contributed by atoms with E-state index < -0.39 is 25.5 Å². The molecule has 0 aliphatic heterocycles. The van der Waals surface area contributed by atoms with Crippen LogP contribution in [0.2, 0.25) is 5.02 Å². The van der Waals surface area contributed by atoms with Gasteiger partial charge in [0, 0.05) is 11.9 Å². The van der Waals surface area contributed by atoms with E-state index in [4.69, 9.17) is 16.7 Å². The fourth-order valence-corrected chi connectivity index (χ4v) is 2.23. The molecule has 1 heterocycles. The average molecular weight is 315 g/mol. The second kappa shape index (κ2) is 6.78. The molecule has 0 fully saturated rings. The Morgan fingerprint density at radius 2 is 2.10 bits per heavy atom. The van der Waals surface area contributed by atoms with Crippen molar-refractivity contribution in [2.45, 2.75) is 6.43 Å². The number of benzene rings is 1. The number of fused-ring (bicyclic) bond motifs is 1. The Hall–Kier alpha value is -1.79. The zero-order valence-corrected chi connectivity index (χ0v) is 11.7. The molecule has 1 aromatic heterocycles. The molecule has 0 bridgehead atoms. The number of carbonyl (C=O) groups excluding carboxylic acids is 1. The van der Waals surface area contributed by atoms with Crippen LogP contribution in [0.4, 0.5) is 8.78 Å². The van der Waals surface area contributed by atoms with Crippen LogP contribution in [-0.4, -0.2) is 47.0 Å². The Bertz CT molecular complexity index is 652. The summed E-state index contributed by atoms with van der Waals surface area (Å²) in [6.07, 6.45) is -2.68. The van der Waals surface area contributed by atoms with Gasteiger partial charge in [-0.15, -0.1) is 0 Å². The van der Waals surface area contributed by atoms with Crippen LogP contribution >= 0.6 is 11.6 Å². The lowest BCUT2D eigenvalue weighted by atomic mass is 10.2. The molecular weight excluding hydrogens is 302 g/mol. The fraction of sp³-hybridized carbons (Fsp3) is 0.286. The number of rotatable bonds is 5. The number of aliphatic hydroxyl groups is 1. The smallest absolute Gasteiger partial charge is 0.272 e. The molecule has 21 heavy (non-hydrogen) atoms. The van der Waals surface area contributed by atoms with Crippen LogP contribution in [0.3, 0.4) is 0 Å². The van der Waals surface area contributed by atoms with Crippen LogP contribution in [0.15, 0.2) is 30.3 Å². The van der Waals surface area contributed by atoms with Crippen molar-refractivity contribution in [1.29, 1.82) is 0 Å². The first kappa shape index (κ1) is 15.6. The molecule has 2 rings (SSSR count). The van der Waals surface area contributed by atoms with Gasteiger partial charge in [-0.25, -0.2) is 13.8 Å². The quantitative estimate of drug-likeness (QED) is 0.923. The van der Waals surface area contributed by atoms with Crippen molar-refractivity contribution < 1.29 is 18.7 Å². The molecule has 0 unspecified atom stereocenters. The van der Waals surface area contributed by atoms with Gasteiger partial charge in [0.25, 0.3) is 12.3 Å². The van der Waals surface area contributed by atoms with Crippen molar-refractivity contribution in [3.8, 4) is 0 Å². The van der Waals surface area contributed by atoms with Crippen LogP contribution in [0.5, 0.6) is 0 Å². The molecule has 1 amide bonds. The number of aromatic nitrogens is 1. The van der Waals surface area contributed by atoms with E-state index >= 15 is 0 Å². The summed E-state index contributed by atoms with van der Waals surface area (Å²) in [6, 6.07) is 8.31. The van der Waals surface area contributed by atoms with E-state index in [1.54, 1.807) is 24.3 Å². The van der Waals surface area contributed by atoms with Crippen LogP contribution in [0.1, 0.15) is 10.5 Å². The molecule has 0 atom stereocenters. The maximum atomic E-state index is 12.5. The Morgan fingerprint density at radius 1 is 1.38 bits per heavy atom. The lowest BCUT2D eigenvalue weighted by molar-refractivity contribution is 0.0504. The van der Waals surface area contributed by atoms with Crippen LogP contribution < -0.4 is 0 Å². The lowest BCUT2D eigenvalue weighted by Gasteiger charge is -2.21. The van der Waals surface area contributed by atoms with E-state index in [-0.39, 0.29) is 12.2 Å². The number of hydrogen-bond donors (Lipinski definition) is 1. The molecule has 1 N–H and O–H groups in total. The molecule has 0 aliphatic carbocycles. The Balaban J connectivity index is 2.37. The molecule has 2 aromatic rings. The van der Waals surface area contributed by atoms with Crippen LogP contribution in [0.25, 0.3) is 10.9 Å². The highest BCUT2D eigenvalue weighted by molar-refractivity contribution is 6.35. The number of aliphatic hydroxyl groups excluding tert-OH is 1. The predicted octanol–water partition coefficient (Wildman–Crippen LogP) is 2.59. The number of pyridine rings is 1. The first-order valence-electron chi connectivity index (χ1n) is 6.26. The molecule has 0 spiro atoms. The summed E-state index contributed by atoms with van der Waals surface area (Å²) in [7, 11) is 0. The molecule has 4 nitrogen and oxygen atoms in total. The summed E-state index contributed by atoms with van der Waals surface area (Å²) >= 11 is 6.09. The lowest BCUT2D eigenvalue weighted by Crippen LogP contribution is -2.37. The van der Waals surface area contributed by atoms with Crippen molar-refractivity contribution in [3.63, 3.8) is 0 Å². The van der Waals surface area contributed by atoms with E-state index in [1.807, 2.05) is 0 Å². The highest BCUT2D eigenvalue weighted by Crippen LogP contribution is 2.23. The molecule has 112 valence electrons. The SMILES string of the molecule is O=C(c1cc(Cl)c2ccccc2n1)N(CCO)CC(F)F. The number of para-hydroxylation sites is 1. The van der Waals surface area contributed by atoms with Gasteiger partial charge in [-0.3, -0.25) is 4.79 Å². The third kappa shape index (κ3) is 3.65. The van der Waals surface area contributed by atoms with Gasteiger partial charge in [-0.2, -0.15) is 0 Å². The number of amides is 1. The number of halogens is 3. The zero-order chi connectivity index (χ0) is 15.4. The maximum absolute atomic E-state index is 12.5. The van der Waals surface area contributed by atoms with Crippen molar-refractivity contribution in [1.82, 2.24) is 9.88 Å². The van der Waals surface area contributed by atoms with Gasteiger partial charge in [0.15, 0.2) is 0 Å². The summed E-state index contributed by atoms with van der Waals surface area (Å²) in [6.45, 7) is -1.35. The van der Waals surface area contributed by atoms with Crippen molar-refractivity contribution in [2.24, 2.45) is 0 Å². The summed E-state index contributed by atoms with van der Waals surface area (Å²) in [5.74, 6) is -0.683. The van der Waals surface area contributed by atoms with E-state index in [1.165, 1.54) is 6.07 Å². The summed E-state index contributed by atoms with van der Waals surface area (Å²) in [5, 5.41) is 9.89. The van der Waals surface area contributed by atoms with Gasteiger partial charge in [0.1, 0.15) is 5.69 Å². The monoisotopic (exact) mass is 314 g/mol. The molecular formula is C14H13ClF2N2O2. The number of carbonyl (C=O) groups is 1. The predicted molar refractivity (Wildman–Crippen MR) is 75.7 cm³/mol. The summed E-state index contributed by atoms with van der Waals surface area (Å²) in [5.41, 5.74) is 0.488. The first-order valence-corrected chi connectivity index (χ1v) is 6.64. The number of hydrogen-bond acceptors (Lipinski definition) is 3. The first-order chi connectivity index (χ1) is 10.0. The maximum Gasteiger partial charge on any atom is 0.272 e. The molecule has 1 aromatic carbocycles. The fourth-order valence-electron chi connectivity index (χ4n) is 1.97. The molecule has 0 saturated heterocycles. The Kier molecular flexibility index (Phi) is 5.03. The molecule has 0 saturated carbocycles. The Morgan fingerprint density at radius 3 is 2.76 bits per heavy atom. The molecule has 0 radical (unpaired) electrons. The van der Waals surface area contributed by atoms with Gasteiger partial charge < -0.3 is 10.0 Å². The van der Waals surface area contributed by atoms with Gasteiger partial charge in [0.2, 0.25) is 0 Å². The standard InChI is InChI=1S/C14H13ClF2N2O2/c15-10-7-12(18-11-4-2-1-3-9(10)11)14(21)19(5-6-20)8-13(16)17/h1-4,7,13,20H,5-6,8H2. The third-order valence-electron chi connectivity index (χ3n) is 2.90. The van der Waals surface area contributed by atoms with Gasteiger partial charge in [0.05, 0.1) is 23.7 Å². The average Bonchev–Trinajstić information content (AvgIpc) is 2.45. The third-order valence-corrected chi connectivity index (χ3v) is 3.21. The molecule has 0 aliphatic rings. The highest BCUT2D eigenvalue weighted by atomic mass is 35.5. The topological polar surface area (TPSA) is 53.4 Å². The largest absolute Gasteiger partial charge is 0.395 e. The highest BCUT2D eigenvalue weighted by Gasteiger charge is 2.21. The second-order valence-electron chi connectivity index (χ2n) is 4.37. The van der Waals surface area contributed by atoms with Crippen LogP contribution in [0, 0.1) is 0 Å². The van der Waals surface area contributed by atoms with E-state index in [9.17, 15) is 13.6 Å². The number of alkyl halides is 2. The summed E-state index contributed by atoms with van der Waals surface area (Å²) < 4.78 is 25.0. The van der Waals surface area contributed by atoms with E-state index in [0.29, 0.717) is 15.9 Å². The van der Waals surface area contributed by atoms with E-state index in [2.05, 4.69) is 4.98 Å². The van der Waals surface area contributed by atoms with Crippen LogP contribution in [-0.2, 0) is 0 Å². The second-order valence-corrected chi connectivity index (χ2v) is 4.78. The zero-order valence-electron chi connectivity index (χ0n) is 11.0. The normalized spacial score (nSPS) is 11.1. The minimum absolute atomic E-state index is 0.0206. The number of nitrogens with zero attached hydrogens (tertiary/aromatic N) is 2. The Labute approximate surface area is 125 Å². The summed E-state index contributed by atoms with van der Waals surface area (Å²) in [4.78, 5) is 17.2.